The predicted octanol–water partition coefficient (Wildman–Crippen LogP) is 4.16. The molecular formula is C28H39N3O5. The number of nitrogens with zero attached hydrogens (tertiary/aromatic N) is 2. The molecule has 0 saturated heterocycles. The lowest BCUT2D eigenvalue weighted by Gasteiger charge is -2.35. The number of hydrogen-bond acceptors (Lipinski definition) is 6. The number of benzene rings is 2. The van der Waals surface area contributed by atoms with Gasteiger partial charge in [0, 0.05) is 50.6 Å². The summed E-state index contributed by atoms with van der Waals surface area (Å²) in [7, 11) is 5.04. The highest BCUT2D eigenvalue weighted by atomic mass is 16.5. The molecule has 0 radical (unpaired) electrons. The second-order valence-electron chi connectivity index (χ2n) is 9.49. The summed E-state index contributed by atoms with van der Waals surface area (Å²) in [6, 6.07) is 12.2. The number of rotatable bonds is 6. The maximum atomic E-state index is 13.4. The van der Waals surface area contributed by atoms with Crippen molar-refractivity contribution >= 4 is 17.5 Å². The Morgan fingerprint density at radius 2 is 1.92 bits per heavy atom. The van der Waals surface area contributed by atoms with Crippen molar-refractivity contribution in [1.29, 1.82) is 0 Å². The number of fused-ring (bicyclic) bond motifs is 1. The largest absolute Gasteiger partial charge is 0.497 e. The predicted molar refractivity (Wildman–Crippen MR) is 141 cm³/mol. The van der Waals surface area contributed by atoms with Crippen LogP contribution in [0, 0.1) is 5.92 Å². The number of carbonyl (C=O) groups is 2. The third kappa shape index (κ3) is 6.77. The molecule has 2 amide bonds. The van der Waals surface area contributed by atoms with E-state index < -0.39 is 0 Å². The number of anilines is 1. The smallest absolute Gasteiger partial charge is 0.257 e. The monoisotopic (exact) mass is 497 g/mol. The number of methoxy groups -OCH3 is 2. The average molecular weight is 498 g/mol. The van der Waals surface area contributed by atoms with E-state index in [0.717, 1.165) is 19.5 Å². The molecule has 0 aromatic heterocycles. The molecule has 1 N–H and O–H groups in total. The maximum absolute atomic E-state index is 13.4. The van der Waals surface area contributed by atoms with Crippen molar-refractivity contribution in [2.75, 3.05) is 52.8 Å². The van der Waals surface area contributed by atoms with Gasteiger partial charge >= 0.3 is 0 Å². The van der Waals surface area contributed by atoms with Gasteiger partial charge in [0.25, 0.3) is 11.8 Å². The molecule has 8 nitrogen and oxygen atoms in total. The molecule has 0 spiro atoms. The molecule has 1 heterocycles. The van der Waals surface area contributed by atoms with E-state index in [2.05, 4.69) is 31.0 Å². The van der Waals surface area contributed by atoms with E-state index in [4.69, 9.17) is 14.2 Å². The van der Waals surface area contributed by atoms with Gasteiger partial charge in [-0.2, -0.15) is 0 Å². The Labute approximate surface area is 214 Å². The minimum atomic E-state index is -0.273. The first-order valence-corrected chi connectivity index (χ1v) is 12.5. The zero-order chi connectivity index (χ0) is 26.2. The molecular weight excluding hydrogens is 458 g/mol. The highest BCUT2D eigenvalue weighted by Crippen LogP contribution is 2.27. The fourth-order valence-corrected chi connectivity index (χ4v) is 4.49. The van der Waals surface area contributed by atoms with Gasteiger partial charge < -0.3 is 24.4 Å². The fraction of sp³-hybridized carbons (Fsp3) is 0.500. The third-order valence-corrected chi connectivity index (χ3v) is 6.68. The van der Waals surface area contributed by atoms with Crippen molar-refractivity contribution in [2.24, 2.45) is 5.92 Å². The lowest BCUT2D eigenvalue weighted by molar-refractivity contribution is 0.0108. The summed E-state index contributed by atoms with van der Waals surface area (Å²) in [5.41, 5.74) is 1.47. The van der Waals surface area contributed by atoms with Gasteiger partial charge in [0.15, 0.2) is 0 Å². The van der Waals surface area contributed by atoms with E-state index in [1.807, 2.05) is 0 Å². The Bertz CT molecular complexity index is 1040. The second kappa shape index (κ2) is 12.7. The van der Waals surface area contributed by atoms with Crippen LogP contribution in [-0.4, -0.2) is 81.3 Å². The molecule has 3 atom stereocenters. The molecule has 1 aliphatic heterocycles. The number of likely N-dealkylation sites (N-methyl/N-ethyl adjacent to an activating group) is 1. The van der Waals surface area contributed by atoms with Crippen LogP contribution in [-0.2, 0) is 4.74 Å². The lowest BCUT2D eigenvalue weighted by Crippen LogP contribution is -2.46. The number of hydrogen-bond donors (Lipinski definition) is 1. The van der Waals surface area contributed by atoms with Crippen molar-refractivity contribution in [3.05, 3.63) is 53.6 Å². The summed E-state index contributed by atoms with van der Waals surface area (Å²) in [6.45, 7) is 9.16. The minimum absolute atomic E-state index is 0.0873. The van der Waals surface area contributed by atoms with E-state index >= 15 is 0 Å². The van der Waals surface area contributed by atoms with Gasteiger partial charge in [-0.15, -0.1) is 0 Å². The zero-order valence-corrected chi connectivity index (χ0v) is 22.2. The van der Waals surface area contributed by atoms with Gasteiger partial charge in [-0.3, -0.25) is 14.5 Å². The Hall–Kier alpha value is -3.10. The van der Waals surface area contributed by atoms with Crippen LogP contribution in [0.2, 0.25) is 0 Å². The average Bonchev–Trinajstić information content (AvgIpc) is 2.89. The zero-order valence-electron chi connectivity index (χ0n) is 22.2. The Balaban J connectivity index is 1.91. The molecule has 0 unspecified atom stereocenters. The van der Waals surface area contributed by atoms with Crippen molar-refractivity contribution in [3.63, 3.8) is 0 Å². The molecule has 0 fully saturated rings. The SMILES string of the molecule is CCCN1C[C@H](C)[C@@H](OC)CN(C)C(=O)c2ccc(NC(=O)c3cccc(OC)c3)cc2OC[C@H]1C. The molecule has 0 saturated carbocycles. The van der Waals surface area contributed by atoms with E-state index in [1.54, 1.807) is 68.6 Å². The third-order valence-electron chi connectivity index (χ3n) is 6.68. The molecule has 0 bridgehead atoms. The molecule has 2 aromatic rings. The molecule has 1 aliphatic rings. The van der Waals surface area contributed by atoms with Crippen molar-refractivity contribution < 1.29 is 23.8 Å². The Morgan fingerprint density at radius 1 is 1.14 bits per heavy atom. The van der Waals surface area contributed by atoms with Gasteiger partial charge in [-0.05, 0) is 56.1 Å². The van der Waals surface area contributed by atoms with Crippen molar-refractivity contribution in [1.82, 2.24) is 9.80 Å². The second-order valence-corrected chi connectivity index (χ2v) is 9.49. The van der Waals surface area contributed by atoms with E-state index in [1.165, 1.54) is 0 Å². The summed E-state index contributed by atoms with van der Waals surface area (Å²) in [6.07, 6.45) is 0.945. The summed E-state index contributed by atoms with van der Waals surface area (Å²) in [4.78, 5) is 30.3. The quantitative estimate of drug-likeness (QED) is 0.646. The summed E-state index contributed by atoms with van der Waals surface area (Å²) >= 11 is 0. The van der Waals surface area contributed by atoms with Gasteiger partial charge in [0.2, 0.25) is 0 Å². The minimum Gasteiger partial charge on any atom is -0.497 e. The van der Waals surface area contributed by atoms with E-state index in [9.17, 15) is 9.59 Å². The summed E-state index contributed by atoms with van der Waals surface area (Å²) in [5.74, 6) is 0.869. The fourth-order valence-electron chi connectivity index (χ4n) is 4.49. The number of amides is 2. The molecule has 3 rings (SSSR count). The summed E-state index contributed by atoms with van der Waals surface area (Å²) < 4.78 is 17.2. The summed E-state index contributed by atoms with van der Waals surface area (Å²) in [5, 5.41) is 2.90. The molecule has 196 valence electrons. The molecule has 36 heavy (non-hydrogen) atoms. The topological polar surface area (TPSA) is 80.3 Å². The first-order valence-electron chi connectivity index (χ1n) is 12.5. The normalized spacial score (nSPS) is 21.6. The molecule has 2 aromatic carbocycles. The van der Waals surface area contributed by atoms with Gasteiger partial charge in [0.05, 0.1) is 18.8 Å². The van der Waals surface area contributed by atoms with Gasteiger partial charge in [0.1, 0.15) is 18.1 Å². The van der Waals surface area contributed by atoms with Crippen LogP contribution in [0.5, 0.6) is 11.5 Å². The van der Waals surface area contributed by atoms with Gasteiger partial charge in [-0.25, -0.2) is 0 Å². The van der Waals surface area contributed by atoms with E-state index in [-0.39, 0.29) is 29.9 Å². The molecule has 0 aliphatic carbocycles. The van der Waals surface area contributed by atoms with Crippen molar-refractivity contribution in [2.45, 2.75) is 39.3 Å². The first-order chi connectivity index (χ1) is 17.3. The Kier molecular flexibility index (Phi) is 9.73. The van der Waals surface area contributed by atoms with Crippen LogP contribution in [0.15, 0.2) is 42.5 Å². The van der Waals surface area contributed by atoms with Crippen LogP contribution in [0.25, 0.3) is 0 Å². The van der Waals surface area contributed by atoms with Crippen LogP contribution < -0.4 is 14.8 Å². The number of ether oxygens (including phenoxy) is 3. The maximum Gasteiger partial charge on any atom is 0.257 e. The lowest BCUT2D eigenvalue weighted by atomic mass is 10.0. The standard InChI is InChI=1S/C28H39N3O5/c1-7-13-31-16-19(2)26(35-6)17-30(4)28(33)24-12-11-22(15-25(24)36-18-20(31)3)29-27(32)21-9-8-10-23(14-21)34-5/h8-12,14-15,19-20,26H,7,13,16-18H2,1-6H3,(H,29,32)/t19-,20+,26-/m0/s1. The van der Waals surface area contributed by atoms with Crippen LogP contribution in [0.3, 0.4) is 0 Å². The highest BCUT2D eigenvalue weighted by molar-refractivity contribution is 6.05. The van der Waals surface area contributed by atoms with E-state index in [0.29, 0.717) is 41.5 Å². The van der Waals surface area contributed by atoms with Crippen molar-refractivity contribution in [3.8, 4) is 11.5 Å². The highest BCUT2D eigenvalue weighted by Gasteiger charge is 2.28. The number of carbonyl (C=O) groups excluding carboxylic acids is 2. The first kappa shape index (κ1) is 27.5. The van der Waals surface area contributed by atoms with Crippen LogP contribution in [0.4, 0.5) is 5.69 Å². The van der Waals surface area contributed by atoms with Crippen LogP contribution in [0.1, 0.15) is 47.9 Å². The van der Waals surface area contributed by atoms with Gasteiger partial charge in [-0.1, -0.05) is 19.9 Å². The number of nitrogens with one attached hydrogen (secondary N) is 1. The molecule has 8 heteroatoms. The van der Waals surface area contributed by atoms with Crippen LogP contribution >= 0.6 is 0 Å². The Morgan fingerprint density at radius 3 is 2.61 bits per heavy atom.